The SMILES string of the molecule is CC(C)=CC(=O)N1CCN(C(=O)C=C(C)C)C(c2nccn2C)C1. The molecule has 0 saturated carbocycles. The topological polar surface area (TPSA) is 58.4 Å². The first kappa shape index (κ1) is 18.0. The number of nitrogens with zero attached hydrogens (tertiary/aromatic N) is 4. The van der Waals surface area contributed by atoms with E-state index in [1.54, 1.807) is 23.2 Å². The lowest BCUT2D eigenvalue weighted by Crippen LogP contribution is -2.52. The zero-order valence-corrected chi connectivity index (χ0v) is 15.1. The molecule has 0 aromatic carbocycles. The lowest BCUT2D eigenvalue weighted by molar-refractivity contribution is -0.138. The predicted octanol–water partition coefficient (Wildman–Crippen LogP) is 2.06. The Morgan fingerprint density at radius 3 is 2.25 bits per heavy atom. The molecule has 130 valence electrons. The summed E-state index contributed by atoms with van der Waals surface area (Å²) in [6.07, 6.45) is 6.86. The molecule has 0 radical (unpaired) electrons. The number of rotatable bonds is 3. The highest BCUT2D eigenvalue weighted by Crippen LogP contribution is 2.25. The fourth-order valence-corrected chi connectivity index (χ4v) is 2.83. The number of imidazole rings is 1. The molecule has 1 aliphatic rings. The number of piperazine rings is 1. The Hall–Kier alpha value is -2.37. The minimum atomic E-state index is -0.239. The van der Waals surface area contributed by atoms with Crippen LogP contribution in [0.15, 0.2) is 35.7 Å². The zero-order chi connectivity index (χ0) is 17.9. The number of aryl methyl sites for hydroxylation is 1. The van der Waals surface area contributed by atoms with E-state index in [0.717, 1.165) is 17.0 Å². The number of aromatic nitrogens is 2. The third kappa shape index (κ3) is 4.13. The van der Waals surface area contributed by atoms with Crippen LogP contribution in [0.25, 0.3) is 0 Å². The fourth-order valence-electron chi connectivity index (χ4n) is 2.83. The van der Waals surface area contributed by atoms with Gasteiger partial charge in [-0.05, 0) is 27.7 Å². The molecule has 2 amide bonds. The minimum Gasteiger partial charge on any atom is -0.336 e. The zero-order valence-electron chi connectivity index (χ0n) is 15.1. The maximum atomic E-state index is 12.6. The highest BCUT2D eigenvalue weighted by molar-refractivity contribution is 5.90. The van der Waals surface area contributed by atoms with Gasteiger partial charge < -0.3 is 14.4 Å². The molecule has 0 spiro atoms. The van der Waals surface area contributed by atoms with Crippen molar-refractivity contribution in [1.82, 2.24) is 19.4 Å². The van der Waals surface area contributed by atoms with Crippen molar-refractivity contribution in [2.24, 2.45) is 7.05 Å². The van der Waals surface area contributed by atoms with Gasteiger partial charge in [-0.1, -0.05) is 11.1 Å². The Kier molecular flexibility index (Phi) is 5.59. The number of allylic oxidation sites excluding steroid dienone is 2. The molecule has 0 bridgehead atoms. The van der Waals surface area contributed by atoms with Crippen molar-refractivity contribution < 1.29 is 9.59 Å². The average Bonchev–Trinajstić information content (AvgIpc) is 2.91. The van der Waals surface area contributed by atoms with Crippen molar-refractivity contribution >= 4 is 11.8 Å². The average molecular weight is 330 g/mol. The molecule has 0 aliphatic carbocycles. The van der Waals surface area contributed by atoms with Crippen molar-refractivity contribution in [3.63, 3.8) is 0 Å². The number of hydrogen-bond donors (Lipinski definition) is 0. The van der Waals surface area contributed by atoms with Crippen LogP contribution in [-0.4, -0.2) is 50.8 Å². The molecule has 0 N–H and O–H groups in total. The molecule has 6 heteroatoms. The number of carbonyl (C=O) groups is 2. The molecule has 24 heavy (non-hydrogen) atoms. The standard InChI is InChI=1S/C18H26N4O2/c1-13(2)10-16(23)21-8-9-22(17(24)11-14(3)4)15(12-21)18-19-6-7-20(18)5/h6-7,10-11,15H,8-9,12H2,1-5H3. The largest absolute Gasteiger partial charge is 0.336 e. The van der Waals surface area contributed by atoms with Gasteiger partial charge in [0.25, 0.3) is 0 Å². The van der Waals surface area contributed by atoms with Gasteiger partial charge in [-0.15, -0.1) is 0 Å². The van der Waals surface area contributed by atoms with Gasteiger partial charge in [0.2, 0.25) is 11.8 Å². The van der Waals surface area contributed by atoms with Crippen molar-refractivity contribution in [2.45, 2.75) is 33.7 Å². The highest BCUT2D eigenvalue weighted by Gasteiger charge is 2.34. The van der Waals surface area contributed by atoms with E-state index in [4.69, 9.17) is 0 Å². The molecule has 1 fully saturated rings. The first-order valence-corrected chi connectivity index (χ1v) is 8.16. The highest BCUT2D eigenvalue weighted by atomic mass is 16.2. The molecule has 1 aliphatic heterocycles. The molecular formula is C18H26N4O2. The summed E-state index contributed by atoms with van der Waals surface area (Å²) in [7, 11) is 1.91. The molecule has 1 aromatic heterocycles. The van der Waals surface area contributed by atoms with E-state index in [0.29, 0.717) is 19.6 Å². The van der Waals surface area contributed by atoms with Crippen LogP contribution in [-0.2, 0) is 16.6 Å². The van der Waals surface area contributed by atoms with Crippen molar-refractivity contribution in [3.05, 3.63) is 41.5 Å². The summed E-state index contributed by atoms with van der Waals surface area (Å²) in [6, 6.07) is -0.239. The van der Waals surface area contributed by atoms with Crippen LogP contribution in [0.2, 0.25) is 0 Å². The molecule has 1 saturated heterocycles. The van der Waals surface area contributed by atoms with Gasteiger partial charge in [0.15, 0.2) is 0 Å². The Morgan fingerprint density at radius 2 is 1.71 bits per heavy atom. The normalized spacial score (nSPS) is 17.5. The quantitative estimate of drug-likeness (QED) is 0.797. The van der Waals surface area contributed by atoms with Crippen LogP contribution >= 0.6 is 0 Å². The lowest BCUT2D eigenvalue weighted by atomic mass is 10.1. The second-order valence-corrected chi connectivity index (χ2v) is 6.67. The van der Waals surface area contributed by atoms with Crippen LogP contribution in [0.3, 0.4) is 0 Å². The van der Waals surface area contributed by atoms with Crippen molar-refractivity contribution in [1.29, 1.82) is 0 Å². The molecule has 2 rings (SSSR count). The molecule has 1 aromatic rings. The third-order valence-corrected chi connectivity index (χ3v) is 3.96. The molecule has 1 atom stereocenters. The molecule has 1 unspecified atom stereocenters. The summed E-state index contributed by atoms with van der Waals surface area (Å²) < 4.78 is 1.91. The summed E-state index contributed by atoms with van der Waals surface area (Å²) >= 11 is 0. The van der Waals surface area contributed by atoms with E-state index in [1.165, 1.54) is 0 Å². The van der Waals surface area contributed by atoms with Gasteiger partial charge in [0.05, 0.1) is 0 Å². The van der Waals surface area contributed by atoms with Crippen molar-refractivity contribution in [2.75, 3.05) is 19.6 Å². The van der Waals surface area contributed by atoms with Crippen LogP contribution in [0.1, 0.15) is 39.6 Å². The second kappa shape index (κ2) is 7.47. The Bertz CT molecular complexity index is 679. The summed E-state index contributed by atoms with van der Waals surface area (Å²) in [6.45, 7) is 9.11. The summed E-state index contributed by atoms with van der Waals surface area (Å²) in [4.78, 5) is 32.9. The van der Waals surface area contributed by atoms with Gasteiger partial charge in [0.1, 0.15) is 11.9 Å². The van der Waals surface area contributed by atoms with E-state index in [9.17, 15) is 9.59 Å². The van der Waals surface area contributed by atoms with Crippen LogP contribution in [0.5, 0.6) is 0 Å². The smallest absolute Gasteiger partial charge is 0.247 e. The molecule has 6 nitrogen and oxygen atoms in total. The Morgan fingerprint density at radius 1 is 1.08 bits per heavy atom. The van der Waals surface area contributed by atoms with Gasteiger partial charge in [-0.3, -0.25) is 9.59 Å². The second-order valence-electron chi connectivity index (χ2n) is 6.67. The van der Waals surface area contributed by atoms with E-state index < -0.39 is 0 Å². The Balaban J connectivity index is 2.30. The summed E-state index contributed by atoms with van der Waals surface area (Å²) in [5.41, 5.74) is 1.93. The number of hydrogen-bond acceptors (Lipinski definition) is 3. The first-order chi connectivity index (χ1) is 11.3. The lowest BCUT2D eigenvalue weighted by Gasteiger charge is -2.40. The van der Waals surface area contributed by atoms with Crippen molar-refractivity contribution in [3.8, 4) is 0 Å². The number of carbonyl (C=O) groups excluding carboxylic acids is 2. The van der Waals surface area contributed by atoms with Gasteiger partial charge in [-0.2, -0.15) is 0 Å². The number of amides is 2. The van der Waals surface area contributed by atoms with Crippen LogP contribution < -0.4 is 0 Å². The fraction of sp³-hybridized carbons (Fsp3) is 0.500. The maximum absolute atomic E-state index is 12.6. The third-order valence-electron chi connectivity index (χ3n) is 3.96. The van der Waals surface area contributed by atoms with E-state index in [2.05, 4.69) is 4.98 Å². The van der Waals surface area contributed by atoms with E-state index in [-0.39, 0.29) is 17.9 Å². The monoisotopic (exact) mass is 330 g/mol. The maximum Gasteiger partial charge on any atom is 0.247 e. The van der Waals surface area contributed by atoms with Gasteiger partial charge >= 0.3 is 0 Å². The molecular weight excluding hydrogens is 304 g/mol. The van der Waals surface area contributed by atoms with Crippen LogP contribution in [0.4, 0.5) is 0 Å². The summed E-state index contributed by atoms with van der Waals surface area (Å²) in [5.74, 6) is 0.751. The van der Waals surface area contributed by atoms with Gasteiger partial charge in [0, 0.05) is 51.2 Å². The van der Waals surface area contributed by atoms with E-state index >= 15 is 0 Å². The van der Waals surface area contributed by atoms with Crippen LogP contribution in [0, 0.1) is 0 Å². The first-order valence-electron chi connectivity index (χ1n) is 8.16. The summed E-state index contributed by atoms with van der Waals surface area (Å²) in [5, 5.41) is 0. The minimum absolute atomic E-state index is 0.0106. The van der Waals surface area contributed by atoms with E-state index in [1.807, 2.05) is 50.4 Å². The predicted molar refractivity (Wildman–Crippen MR) is 93.1 cm³/mol. The van der Waals surface area contributed by atoms with Gasteiger partial charge in [-0.25, -0.2) is 4.98 Å². The Labute approximate surface area is 143 Å². The molecule has 2 heterocycles.